The number of hydrogen-bond acceptors (Lipinski definition) is 6. The summed E-state index contributed by atoms with van der Waals surface area (Å²) in [5.74, 6) is 1.28. The molecule has 3 aromatic rings. The average Bonchev–Trinajstić information content (AvgIpc) is 2.84. The summed E-state index contributed by atoms with van der Waals surface area (Å²) in [6, 6.07) is 12.3. The van der Waals surface area contributed by atoms with Gasteiger partial charge in [-0.3, -0.25) is 9.78 Å². The van der Waals surface area contributed by atoms with Gasteiger partial charge in [0.1, 0.15) is 0 Å². The number of benzene rings is 1. The third kappa shape index (κ3) is 5.06. The van der Waals surface area contributed by atoms with Crippen LogP contribution < -0.4 is 10.6 Å². The predicted molar refractivity (Wildman–Crippen MR) is 121 cm³/mol. The van der Waals surface area contributed by atoms with Crippen LogP contribution in [-0.4, -0.2) is 52.4 Å². The summed E-state index contributed by atoms with van der Waals surface area (Å²) in [5, 5.41) is 0. The second-order valence-electron chi connectivity index (χ2n) is 7.97. The highest BCUT2D eigenvalue weighted by molar-refractivity contribution is 5.77. The Morgan fingerprint density at radius 2 is 1.81 bits per heavy atom. The Hall–Kier alpha value is -3.32. The van der Waals surface area contributed by atoms with Gasteiger partial charge in [-0.1, -0.05) is 18.2 Å². The van der Waals surface area contributed by atoms with E-state index in [0.29, 0.717) is 12.5 Å². The summed E-state index contributed by atoms with van der Waals surface area (Å²) >= 11 is 0. The maximum Gasteiger partial charge on any atom is 0.236 e. The van der Waals surface area contributed by atoms with Gasteiger partial charge in [-0.05, 0) is 53.6 Å². The van der Waals surface area contributed by atoms with E-state index in [1.54, 1.807) is 11.9 Å². The number of nitrogens with zero attached hydrogens (tertiary/aromatic N) is 5. The number of hydrogen-bond donors (Lipinski definition) is 1. The zero-order chi connectivity index (χ0) is 21.6. The van der Waals surface area contributed by atoms with E-state index in [0.717, 1.165) is 48.6 Å². The van der Waals surface area contributed by atoms with Gasteiger partial charge < -0.3 is 15.5 Å². The van der Waals surface area contributed by atoms with Crippen molar-refractivity contribution < 1.29 is 4.79 Å². The number of amides is 1. The third-order valence-corrected chi connectivity index (χ3v) is 5.87. The maximum absolute atomic E-state index is 11.7. The lowest BCUT2D eigenvalue weighted by Crippen LogP contribution is -2.34. The van der Waals surface area contributed by atoms with Crippen molar-refractivity contribution in [2.45, 2.75) is 25.3 Å². The van der Waals surface area contributed by atoms with Crippen molar-refractivity contribution in [2.75, 3.05) is 31.6 Å². The van der Waals surface area contributed by atoms with Crippen LogP contribution in [0, 0.1) is 0 Å². The van der Waals surface area contributed by atoms with Crippen molar-refractivity contribution in [1.82, 2.24) is 19.9 Å². The Morgan fingerprint density at radius 1 is 1.10 bits per heavy atom. The molecule has 7 nitrogen and oxygen atoms in total. The second-order valence-corrected chi connectivity index (χ2v) is 7.97. The molecule has 1 saturated heterocycles. The van der Waals surface area contributed by atoms with Crippen molar-refractivity contribution in [1.29, 1.82) is 0 Å². The van der Waals surface area contributed by atoms with Gasteiger partial charge in [0.15, 0.2) is 0 Å². The Morgan fingerprint density at radius 3 is 2.48 bits per heavy atom. The zero-order valence-corrected chi connectivity index (χ0v) is 17.8. The number of piperidine rings is 1. The molecule has 31 heavy (non-hydrogen) atoms. The molecule has 0 aliphatic carbocycles. The van der Waals surface area contributed by atoms with Crippen LogP contribution in [0.3, 0.4) is 0 Å². The number of rotatable bonds is 6. The molecule has 0 unspecified atom stereocenters. The summed E-state index contributed by atoms with van der Waals surface area (Å²) < 4.78 is 0. The minimum Gasteiger partial charge on any atom is -0.341 e. The first-order valence-corrected chi connectivity index (χ1v) is 10.6. The molecule has 2 N–H and O–H groups in total. The van der Waals surface area contributed by atoms with Gasteiger partial charge in [-0.25, -0.2) is 9.97 Å². The van der Waals surface area contributed by atoms with E-state index < -0.39 is 0 Å². The van der Waals surface area contributed by atoms with Gasteiger partial charge in [0.25, 0.3) is 0 Å². The molecule has 160 valence electrons. The van der Waals surface area contributed by atoms with Crippen molar-refractivity contribution in [2.24, 2.45) is 5.73 Å². The van der Waals surface area contributed by atoms with Crippen LogP contribution in [0.2, 0.25) is 0 Å². The number of aromatic nitrogens is 3. The molecular weight excluding hydrogens is 388 g/mol. The van der Waals surface area contributed by atoms with Crippen molar-refractivity contribution in [3.8, 4) is 11.1 Å². The lowest BCUT2D eigenvalue weighted by molar-refractivity contribution is -0.128. The molecule has 1 aliphatic rings. The summed E-state index contributed by atoms with van der Waals surface area (Å²) in [6.07, 6.45) is 9.67. The van der Waals surface area contributed by atoms with E-state index in [4.69, 9.17) is 5.73 Å². The Bertz CT molecular complexity index is 1000. The van der Waals surface area contributed by atoms with Gasteiger partial charge in [0.2, 0.25) is 11.9 Å². The topological polar surface area (TPSA) is 88.2 Å². The van der Waals surface area contributed by atoms with Crippen LogP contribution in [-0.2, 0) is 11.3 Å². The molecule has 1 fully saturated rings. The van der Waals surface area contributed by atoms with E-state index in [1.807, 2.05) is 43.0 Å². The maximum atomic E-state index is 11.7. The molecule has 0 atom stereocenters. The monoisotopic (exact) mass is 416 g/mol. The first-order valence-electron chi connectivity index (χ1n) is 10.6. The zero-order valence-electron chi connectivity index (χ0n) is 17.8. The Balaban J connectivity index is 1.40. The Labute approximate surface area is 183 Å². The Kier molecular flexibility index (Phi) is 6.52. The molecule has 0 bridgehead atoms. The normalized spacial score (nSPS) is 14.5. The highest BCUT2D eigenvalue weighted by Crippen LogP contribution is 2.29. The van der Waals surface area contributed by atoms with E-state index in [9.17, 15) is 4.79 Å². The molecule has 2 aromatic heterocycles. The first kappa shape index (κ1) is 20.9. The van der Waals surface area contributed by atoms with Gasteiger partial charge in [0, 0.05) is 57.0 Å². The van der Waals surface area contributed by atoms with Crippen LogP contribution in [0.25, 0.3) is 11.1 Å². The number of likely N-dealkylation sites (N-methyl/N-ethyl adjacent to an activating group) is 1. The number of carbonyl (C=O) groups excluding carboxylic acids is 1. The van der Waals surface area contributed by atoms with Crippen LogP contribution in [0.1, 0.15) is 29.9 Å². The fraction of sp³-hybridized carbons (Fsp3) is 0.333. The molecule has 0 saturated carbocycles. The lowest BCUT2D eigenvalue weighted by Gasteiger charge is -2.32. The molecule has 1 aliphatic heterocycles. The van der Waals surface area contributed by atoms with Crippen molar-refractivity contribution in [3.63, 3.8) is 0 Å². The summed E-state index contributed by atoms with van der Waals surface area (Å²) in [6.45, 7) is 2.44. The SMILES string of the molecule is CN(Cc1cccc(-c2cnc(N3CCC(c4ccncc4)CC3)nc2)c1)C(=O)CN. The standard InChI is InChI=1S/C24H28N6O/c1-29(23(31)14-25)17-18-3-2-4-21(13-18)22-15-27-24(28-16-22)30-11-7-20(8-12-30)19-5-9-26-10-6-19/h2-6,9-10,13,15-16,20H,7-8,11-12,14,17,25H2,1H3. The van der Waals surface area contributed by atoms with Gasteiger partial charge >= 0.3 is 0 Å². The molecule has 1 amide bonds. The summed E-state index contributed by atoms with van der Waals surface area (Å²) in [7, 11) is 1.76. The highest BCUT2D eigenvalue weighted by Gasteiger charge is 2.22. The smallest absolute Gasteiger partial charge is 0.236 e. The van der Waals surface area contributed by atoms with Crippen LogP contribution >= 0.6 is 0 Å². The lowest BCUT2D eigenvalue weighted by atomic mass is 9.90. The summed E-state index contributed by atoms with van der Waals surface area (Å²) in [5.41, 5.74) is 9.86. The average molecular weight is 417 g/mol. The number of anilines is 1. The van der Waals surface area contributed by atoms with Gasteiger partial charge in [-0.15, -0.1) is 0 Å². The quantitative estimate of drug-likeness (QED) is 0.665. The number of nitrogens with two attached hydrogens (primary N) is 1. The molecule has 0 spiro atoms. The third-order valence-electron chi connectivity index (χ3n) is 5.87. The van der Waals surface area contributed by atoms with E-state index in [1.165, 1.54) is 5.56 Å². The number of pyridine rings is 1. The molecule has 0 radical (unpaired) electrons. The fourth-order valence-electron chi connectivity index (χ4n) is 4.05. The molecule has 4 rings (SSSR count). The van der Waals surface area contributed by atoms with Crippen LogP contribution in [0.15, 0.2) is 61.2 Å². The predicted octanol–water partition coefficient (Wildman–Crippen LogP) is 2.84. The van der Waals surface area contributed by atoms with Crippen LogP contribution in [0.4, 0.5) is 5.95 Å². The van der Waals surface area contributed by atoms with Crippen LogP contribution in [0.5, 0.6) is 0 Å². The largest absolute Gasteiger partial charge is 0.341 e. The molecular formula is C24H28N6O. The van der Waals surface area contributed by atoms with E-state index in [-0.39, 0.29) is 12.5 Å². The van der Waals surface area contributed by atoms with Crippen molar-refractivity contribution >= 4 is 11.9 Å². The first-order chi connectivity index (χ1) is 15.1. The number of carbonyl (C=O) groups is 1. The second kappa shape index (κ2) is 9.66. The molecule has 1 aromatic carbocycles. The van der Waals surface area contributed by atoms with Crippen molar-refractivity contribution in [3.05, 3.63) is 72.3 Å². The minimum absolute atomic E-state index is 0.0191. The van der Waals surface area contributed by atoms with E-state index in [2.05, 4.69) is 38.1 Å². The highest BCUT2D eigenvalue weighted by atomic mass is 16.2. The molecule has 3 heterocycles. The fourth-order valence-corrected chi connectivity index (χ4v) is 4.05. The van der Waals surface area contributed by atoms with E-state index >= 15 is 0 Å². The minimum atomic E-state index is -0.0780. The van der Waals surface area contributed by atoms with Gasteiger partial charge in [-0.2, -0.15) is 0 Å². The molecule has 7 heteroatoms. The summed E-state index contributed by atoms with van der Waals surface area (Å²) in [4.78, 5) is 29.0. The van der Waals surface area contributed by atoms with Gasteiger partial charge in [0.05, 0.1) is 6.54 Å².